The number of aromatic amines is 1. The van der Waals surface area contributed by atoms with Crippen molar-refractivity contribution in [2.75, 3.05) is 4.90 Å². The van der Waals surface area contributed by atoms with E-state index < -0.39 is 6.04 Å². The van der Waals surface area contributed by atoms with Crippen molar-refractivity contribution in [2.45, 2.75) is 6.04 Å². The van der Waals surface area contributed by atoms with Crippen LogP contribution in [0.2, 0.25) is 0 Å². The van der Waals surface area contributed by atoms with Crippen molar-refractivity contribution in [1.29, 1.82) is 0 Å². The number of H-pyrrole nitrogens is 1. The van der Waals surface area contributed by atoms with Crippen LogP contribution >= 0.6 is 15.9 Å². The molecule has 4 rings (SSSR count). The van der Waals surface area contributed by atoms with Gasteiger partial charge in [0, 0.05) is 10.2 Å². The number of hydrogen-bond acceptors (Lipinski definition) is 3. The molecule has 0 saturated heterocycles. The zero-order valence-corrected chi connectivity index (χ0v) is 13.5. The third-order valence-corrected chi connectivity index (χ3v) is 4.37. The van der Waals surface area contributed by atoms with E-state index in [1.54, 1.807) is 11.2 Å². The number of hydrogen-bond donors (Lipinski definition) is 2. The molecular formula is C16H12BrN5O. The van der Waals surface area contributed by atoms with Crippen LogP contribution in [0.3, 0.4) is 0 Å². The van der Waals surface area contributed by atoms with Gasteiger partial charge < -0.3 is 10.7 Å². The van der Waals surface area contributed by atoms with Gasteiger partial charge >= 0.3 is 6.03 Å². The highest BCUT2D eigenvalue weighted by Gasteiger charge is 2.35. The van der Waals surface area contributed by atoms with Crippen LogP contribution in [0.1, 0.15) is 11.6 Å². The molecule has 2 heterocycles. The number of anilines is 1. The lowest BCUT2D eigenvalue weighted by molar-refractivity contribution is 0.255. The van der Waals surface area contributed by atoms with Gasteiger partial charge in [-0.15, -0.1) is 0 Å². The number of carbonyl (C=O) groups excluding carboxylic acids is 1. The molecular weight excluding hydrogens is 358 g/mol. The maximum Gasteiger partial charge on any atom is 0.350 e. The monoisotopic (exact) mass is 369 g/mol. The minimum Gasteiger partial charge on any atom is -0.385 e. The fourth-order valence-corrected chi connectivity index (χ4v) is 3.03. The molecule has 0 aliphatic carbocycles. The van der Waals surface area contributed by atoms with Crippen molar-refractivity contribution in [3.63, 3.8) is 0 Å². The number of benzene rings is 2. The highest BCUT2D eigenvalue weighted by atomic mass is 79.9. The zero-order valence-electron chi connectivity index (χ0n) is 11.9. The smallest absolute Gasteiger partial charge is 0.350 e. The summed E-state index contributed by atoms with van der Waals surface area (Å²) < 4.78 is 0.964. The molecule has 0 spiro atoms. The lowest BCUT2D eigenvalue weighted by atomic mass is 10.0. The predicted octanol–water partition coefficient (Wildman–Crippen LogP) is 3.36. The number of aromatic nitrogens is 2. The summed E-state index contributed by atoms with van der Waals surface area (Å²) >= 11 is 3.41. The maximum atomic E-state index is 12.3. The Morgan fingerprint density at radius 3 is 2.74 bits per heavy atom. The van der Waals surface area contributed by atoms with E-state index in [1.807, 2.05) is 42.5 Å². The number of nitrogens with one attached hydrogen (secondary N) is 1. The molecule has 0 saturated carbocycles. The molecule has 23 heavy (non-hydrogen) atoms. The number of nitrogens with two attached hydrogens (primary N) is 1. The number of imidazole rings is 1. The number of nitrogens with zero attached hydrogens (tertiary/aromatic N) is 3. The first-order chi connectivity index (χ1) is 11.1. The summed E-state index contributed by atoms with van der Waals surface area (Å²) in [5, 5.41) is 0. The van der Waals surface area contributed by atoms with Crippen LogP contribution in [0.5, 0.6) is 0 Å². The van der Waals surface area contributed by atoms with Crippen molar-refractivity contribution in [3.05, 3.63) is 58.8 Å². The second-order valence-corrected chi connectivity index (χ2v) is 6.16. The fraction of sp³-hybridized carbons (Fsp3) is 0.0625. The predicted molar refractivity (Wildman–Crippen MR) is 92.5 cm³/mol. The molecule has 114 valence electrons. The first-order valence-electron chi connectivity index (χ1n) is 6.99. The van der Waals surface area contributed by atoms with E-state index in [0.717, 1.165) is 26.8 Å². The Kier molecular flexibility index (Phi) is 3.16. The average Bonchev–Trinajstić information content (AvgIpc) is 3.11. The summed E-state index contributed by atoms with van der Waals surface area (Å²) in [5.41, 5.74) is 9.35. The quantitative estimate of drug-likeness (QED) is 0.725. The van der Waals surface area contributed by atoms with E-state index in [1.165, 1.54) is 0 Å². The number of amidine groups is 1. The molecule has 0 fully saturated rings. The highest BCUT2D eigenvalue weighted by molar-refractivity contribution is 9.10. The van der Waals surface area contributed by atoms with Gasteiger partial charge in [-0.2, -0.15) is 4.99 Å². The van der Waals surface area contributed by atoms with E-state index in [4.69, 9.17) is 5.73 Å². The third-order valence-electron chi connectivity index (χ3n) is 3.84. The van der Waals surface area contributed by atoms with Gasteiger partial charge in [0.1, 0.15) is 11.9 Å². The van der Waals surface area contributed by atoms with Gasteiger partial charge in [-0.3, -0.25) is 4.90 Å². The molecule has 3 N–H and O–H groups in total. The van der Waals surface area contributed by atoms with E-state index in [-0.39, 0.29) is 6.03 Å². The number of fused-ring (bicyclic) bond motifs is 1. The van der Waals surface area contributed by atoms with Crippen molar-refractivity contribution >= 4 is 44.5 Å². The van der Waals surface area contributed by atoms with Gasteiger partial charge in [-0.1, -0.05) is 28.1 Å². The van der Waals surface area contributed by atoms with E-state index in [9.17, 15) is 4.79 Å². The van der Waals surface area contributed by atoms with Crippen LogP contribution in [0.15, 0.2) is 58.3 Å². The van der Waals surface area contributed by atoms with Crippen LogP contribution in [-0.4, -0.2) is 21.8 Å². The SMILES string of the molecule is NC1=NC(=O)N(c2ccc3nc[nH]c3c2)C1c1ccc(Br)cc1. The summed E-state index contributed by atoms with van der Waals surface area (Å²) in [6, 6.07) is 12.5. The molecule has 0 bridgehead atoms. The first kappa shape index (κ1) is 14.0. The van der Waals surface area contributed by atoms with Crippen LogP contribution < -0.4 is 10.6 Å². The standard InChI is InChI=1S/C16H12BrN5O/c17-10-3-1-9(2-4-10)14-15(18)21-16(23)22(14)11-5-6-12-13(7-11)20-8-19-12/h1-8,14H,(H,19,20)(H2,18,21,23). The van der Waals surface area contributed by atoms with Gasteiger partial charge in [0.2, 0.25) is 0 Å². The Labute approximate surface area is 140 Å². The number of carbonyl (C=O) groups is 1. The molecule has 7 heteroatoms. The summed E-state index contributed by atoms with van der Waals surface area (Å²) in [6.45, 7) is 0. The normalized spacial score (nSPS) is 17.8. The summed E-state index contributed by atoms with van der Waals surface area (Å²) in [4.78, 5) is 25.1. The van der Waals surface area contributed by atoms with Crippen molar-refractivity contribution in [3.8, 4) is 0 Å². The largest absolute Gasteiger partial charge is 0.385 e. The number of halogens is 1. The van der Waals surface area contributed by atoms with Gasteiger partial charge in [0.25, 0.3) is 0 Å². The van der Waals surface area contributed by atoms with Crippen LogP contribution in [-0.2, 0) is 0 Å². The zero-order chi connectivity index (χ0) is 16.0. The van der Waals surface area contributed by atoms with Crippen LogP contribution in [0, 0.1) is 0 Å². The molecule has 2 aromatic carbocycles. The minimum atomic E-state index is -0.407. The van der Waals surface area contributed by atoms with Crippen LogP contribution in [0.4, 0.5) is 10.5 Å². The Balaban J connectivity index is 1.81. The van der Waals surface area contributed by atoms with Gasteiger partial charge in [-0.05, 0) is 35.9 Å². The topological polar surface area (TPSA) is 87.4 Å². The number of rotatable bonds is 2. The Morgan fingerprint density at radius 1 is 1.17 bits per heavy atom. The van der Waals surface area contributed by atoms with Gasteiger partial charge in [0.05, 0.1) is 17.4 Å². The van der Waals surface area contributed by atoms with Crippen molar-refractivity contribution in [1.82, 2.24) is 9.97 Å². The molecule has 1 unspecified atom stereocenters. The lowest BCUT2D eigenvalue weighted by Gasteiger charge is -2.24. The Hall–Kier alpha value is -2.67. The molecule has 1 aromatic heterocycles. The second kappa shape index (κ2) is 5.20. The maximum absolute atomic E-state index is 12.3. The van der Waals surface area contributed by atoms with Gasteiger partial charge in [0.15, 0.2) is 0 Å². The molecule has 1 aliphatic heterocycles. The molecule has 1 atom stereocenters. The number of aliphatic imine (C=N–C) groups is 1. The van der Waals surface area contributed by atoms with Crippen molar-refractivity contribution in [2.24, 2.45) is 10.7 Å². The highest BCUT2D eigenvalue weighted by Crippen LogP contribution is 2.33. The van der Waals surface area contributed by atoms with E-state index in [2.05, 4.69) is 30.9 Å². The second-order valence-electron chi connectivity index (χ2n) is 5.25. The summed E-state index contributed by atoms with van der Waals surface area (Å²) in [6.07, 6.45) is 1.62. The Morgan fingerprint density at radius 2 is 1.96 bits per heavy atom. The van der Waals surface area contributed by atoms with E-state index in [0.29, 0.717) is 5.84 Å². The molecule has 1 aliphatic rings. The minimum absolute atomic E-state index is 0.294. The molecule has 0 radical (unpaired) electrons. The number of amides is 2. The number of urea groups is 1. The van der Waals surface area contributed by atoms with Crippen molar-refractivity contribution < 1.29 is 4.79 Å². The van der Waals surface area contributed by atoms with Gasteiger partial charge in [-0.25, -0.2) is 9.78 Å². The Bertz CT molecular complexity index is 931. The van der Waals surface area contributed by atoms with Crippen LogP contribution in [0.25, 0.3) is 11.0 Å². The molecule has 6 nitrogen and oxygen atoms in total. The average molecular weight is 370 g/mol. The lowest BCUT2D eigenvalue weighted by Crippen LogP contribution is -2.33. The first-order valence-corrected chi connectivity index (χ1v) is 7.78. The molecule has 2 amide bonds. The summed E-state index contributed by atoms with van der Waals surface area (Å²) in [5.74, 6) is 0.294. The molecule has 3 aromatic rings. The third kappa shape index (κ3) is 2.29. The fourth-order valence-electron chi connectivity index (χ4n) is 2.77. The van der Waals surface area contributed by atoms with E-state index >= 15 is 0 Å². The summed E-state index contributed by atoms with van der Waals surface area (Å²) in [7, 11) is 0.